The van der Waals surface area contributed by atoms with E-state index in [2.05, 4.69) is 39.1 Å². The highest BCUT2D eigenvalue weighted by molar-refractivity contribution is 9.10. The van der Waals surface area contributed by atoms with Crippen LogP contribution in [0.25, 0.3) is 5.65 Å². The Labute approximate surface area is 149 Å². The summed E-state index contributed by atoms with van der Waals surface area (Å²) >= 11 is 3.35. The fourth-order valence-electron chi connectivity index (χ4n) is 2.01. The zero-order chi connectivity index (χ0) is 17.9. The van der Waals surface area contributed by atoms with Crippen LogP contribution < -0.4 is 4.90 Å². The van der Waals surface area contributed by atoms with Gasteiger partial charge in [0.1, 0.15) is 10.2 Å². The first-order chi connectivity index (χ1) is 11.3. The van der Waals surface area contributed by atoms with Crippen LogP contribution >= 0.6 is 15.9 Å². The molecule has 0 atom stereocenters. The number of nitrogens with zero attached hydrogens (tertiary/aromatic N) is 4. The molecule has 6 nitrogen and oxygen atoms in total. The molecule has 1 amide bonds. The maximum atomic E-state index is 12.8. The minimum atomic E-state index is -0.659. The first kappa shape index (κ1) is 17.9. The number of fused-ring (bicyclic) bond motifs is 1. The lowest BCUT2D eigenvalue weighted by atomic mass is 10.2. The summed E-state index contributed by atoms with van der Waals surface area (Å²) in [6, 6.07) is 0. The summed E-state index contributed by atoms with van der Waals surface area (Å²) in [5, 5.41) is 0. The van der Waals surface area contributed by atoms with Crippen molar-refractivity contribution in [1.82, 2.24) is 14.4 Å². The highest BCUT2D eigenvalue weighted by Gasteiger charge is 2.28. The molecule has 0 aromatic carbocycles. The van der Waals surface area contributed by atoms with Crippen molar-refractivity contribution in [3.05, 3.63) is 60.3 Å². The van der Waals surface area contributed by atoms with Gasteiger partial charge in [-0.1, -0.05) is 19.2 Å². The van der Waals surface area contributed by atoms with Gasteiger partial charge in [0.15, 0.2) is 11.5 Å². The van der Waals surface area contributed by atoms with E-state index >= 15 is 0 Å². The van der Waals surface area contributed by atoms with Gasteiger partial charge in [-0.15, -0.1) is 0 Å². The Morgan fingerprint density at radius 2 is 2.12 bits per heavy atom. The number of imidazole rings is 1. The van der Waals surface area contributed by atoms with Gasteiger partial charge in [-0.2, -0.15) is 0 Å². The molecule has 2 heterocycles. The van der Waals surface area contributed by atoms with Gasteiger partial charge >= 0.3 is 6.09 Å². The highest BCUT2D eigenvalue weighted by Crippen LogP contribution is 2.27. The molecule has 0 aliphatic heterocycles. The Balaban J connectivity index is 2.66. The van der Waals surface area contributed by atoms with Gasteiger partial charge in [0.25, 0.3) is 0 Å². The Morgan fingerprint density at radius 3 is 2.71 bits per heavy atom. The fourth-order valence-corrected chi connectivity index (χ4v) is 2.40. The van der Waals surface area contributed by atoms with Crippen molar-refractivity contribution in [3.8, 4) is 0 Å². The van der Waals surface area contributed by atoms with Gasteiger partial charge in [0.05, 0.1) is 5.70 Å². The number of aromatic nitrogens is 3. The number of halogens is 1. The second kappa shape index (κ2) is 7.00. The molecule has 0 aliphatic rings. The molecule has 7 heteroatoms. The molecule has 2 aromatic rings. The van der Waals surface area contributed by atoms with Crippen LogP contribution in [0, 0.1) is 0 Å². The van der Waals surface area contributed by atoms with Crippen molar-refractivity contribution in [1.29, 1.82) is 0 Å². The van der Waals surface area contributed by atoms with Gasteiger partial charge in [-0.25, -0.2) is 19.7 Å². The fraction of sp³-hybridized carbons (Fsp3) is 0.235. The molecule has 24 heavy (non-hydrogen) atoms. The summed E-state index contributed by atoms with van der Waals surface area (Å²) < 4.78 is 7.84. The quantitative estimate of drug-likeness (QED) is 0.721. The lowest BCUT2D eigenvalue weighted by Crippen LogP contribution is -2.36. The zero-order valence-corrected chi connectivity index (χ0v) is 15.4. The maximum absolute atomic E-state index is 12.8. The molecule has 0 saturated heterocycles. The summed E-state index contributed by atoms with van der Waals surface area (Å²) in [6.07, 6.45) is 9.32. The maximum Gasteiger partial charge on any atom is 0.420 e. The largest absolute Gasteiger partial charge is 0.443 e. The second-order valence-corrected chi connectivity index (χ2v) is 6.70. The predicted octanol–water partition coefficient (Wildman–Crippen LogP) is 4.49. The third kappa shape index (κ3) is 3.91. The number of hydrogen-bond donors (Lipinski definition) is 0. The average Bonchev–Trinajstić information content (AvgIpc) is 2.92. The van der Waals surface area contributed by atoms with Crippen molar-refractivity contribution in [3.63, 3.8) is 0 Å². The summed E-state index contributed by atoms with van der Waals surface area (Å²) in [4.78, 5) is 22.8. The SMILES string of the molecule is C=C/C=C(\C=C)N(C(=O)OC(C)(C)C)c1nc(Br)cn2ccnc12. The normalized spacial score (nSPS) is 12.1. The highest BCUT2D eigenvalue weighted by atomic mass is 79.9. The van der Waals surface area contributed by atoms with E-state index in [4.69, 9.17) is 4.74 Å². The lowest BCUT2D eigenvalue weighted by molar-refractivity contribution is 0.0593. The second-order valence-electron chi connectivity index (χ2n) is 5.89. The first-order valence-corrected chi connectivity index (χ1v) is 8.03. The van der Waals surface area contributed by atoms with Crippen LogP contribution in [-0.2, 0) is 4.74 Å². The van der Waals surface area contributed by atoms with Crippen molar-refractivity contribution in [2.24, 2.45) is 0 Å². The molecule has 0 fully saturated rings. The molecule has 0 bridgehead atoms. The van der Waals surface area contributed by atoms with E-state index < -0.39 is 11.7 Å². The Bertz CT molecular complexity index is 818. The van der Waals surface area contributed by atoms with E-state index in [0.29, 0.717) is 21.8 Å². The molecule has 0 unspecified atom stereocenters. The number of rotatable bonds is 4. The van der Waals surface area contributed by atoms with Crippen molar-refractivity contribution >= 4 is 33.5 Å². The zero-order valence-electron chi connectivity index (χ0n) is 13.9. The van der Waals surface area contributed by atoms with Crippen LogP contribution in [0.4, 0.5) is 10.6 Å². The van der Waals surface area contributed by atoms with E-state index in [9.17, 15) is 4.79 Å². The first-order valence-electron chi connectivity index (χ1n) is 7.24. The van der Waals surface area contributed by atoms with Gasteiger partial charge in [-0.3, -0.25) is 0 Å². The van der Waals surface area contributed by atoms with Crippen molar-refractivity contribution < 1.29 is 9.53 Å². The van der Waals surface area contributed by atoms with Gasteiger partial charge in [0, 0.05) is 18.6 Å². The molecule has 0 aliphatic carbocycles. The van der Waals surface area contributed by atoms with Gasteiger partial charge in [0.2, 0.25) is 0 Å². The van der Waals surface area contributed by atoms with Crippen LogP contribution in [-0.4, -0.2) is 26.1 Å². The number of hydrogen-bond acceptors (Lipinski definition) is 4. The Kier molecular flexibility index (Phi) is 5.23. The van der Waals surface area contributed by atoms with E-state index in [0.717, 1.165) is 0 Å². The number of ether oxygens (including phenoxy) is 1. The van der Waals surface area contributed by atoms with E-state index in [1.54, 1.807) is 55.9 Å². The Hall–Kier alpha value is -2.41. The minimum absolute atomic E-state index is 0.330. The monoisotopic (exact) mass is 390 g/mol. The molecule has 2 aromatic heterocycles. The Morgan fingerprint density at radius 1 is 1.42 bits per heavy atom. The van der Waals surface area contributed by atoms with Crippen LogP contribution in [0.5, 0.6) is 0 Å². The van der Waals surface area contributed by atoms with Crippen molar-refractivity contribution in [2.75, 3.05) is 4.90 Å². The van der Waals surface area contributed by atoms with E-state index in [1.807, 2.05) is 0 Å². The third-order valence-corrected chi connectivity index (χ3v) is 3.25. The molecule has 0 N–H and O–H groups in total. The summed E-state index contributed by atoms with van der Waals surface area (Å²) in [5.74, 6) is 0.330. The lowest BCUT2D eigenvalue weighted by Gasteiger charge is -2.27. The van der Waals surface area contributed by atoms with Gasteiger partial charge < -0.3 is 9.14 Å². The number of carbonyl (C=O) groups excluding carboxylic acids is 1. The number of anilines is 1. The summed E-state index contributed by atoms with van der Waals surface area (Å²) in [5.41, 5.74) is 0.337. The number of amides is 1. The molecular weight excluding hydrogens is 372 g/mol. The topological polar surface area (TPSA) is 59.7 Å². The predicted molar refractivity (Wildman–Crippen MR) is 97.9 cm³/mol. The molecule has 0 saturated carbocycles. The average molecular weight is 391 g/mol. The van der Waals surface area contributed by atoms with Crippen LogP contribution in [0.2, 0.25) is 0 Å². The molecule has 0 radical (unpaired) electrons. The van der Waals surface area contributed by atoms with Crippen LogP contribution in [0.15, 0.2) is 60.3 Å². The van der Waals surface area contributed by atoms with E-state index in [-0.39, 0.29) is 0 Å². The molecular formula is C17H19BrN4O2. The van der Waals surface area contributed by atoms with E-state index in [1.165, 1.54) is 11.0 Å². The van der Waals surface area contributed by atoms with Crippen molar-refractivity contribution in [2.45, 2.75) is 26.4 Å². The summed E-state index contributed by atoms with van der Waals surface area (Å²) in [7, 11) is 0. The molecule has 0 spiro atoms. The van der Waals surface area contributed by atoms with Crippen LogP contribution in [0.3, 0.4) is 0 Å². The minimum Gasteiger partial charge on any atom is -0.443 e. The third-order valence-electron chi connectivity index (χ3n) is 2.87. The molecule has 2 rings (SSSR count). The number of allylic oxidation sites excluding steroid dienone is 3. The molecule has 126 valence electrons. The van der Waals surface area contributed by atoms with Gasteiger partial charge in [-0.05, 0) is 48.9 Å². The van der Waals surface area contributed by atoms with Crippen LogP contribution in [0.1, 0.15) is 20.8 Å². The smallest absolute Gasteiger partial charge is 0.420 e. The summed E-state index contributed by atoms with van der Waals surface area (Å²) in [6.45, 7) is 12.8. The standard InChI is InChI=1S/C17H19BrN4O2/c1-6-8-12(7-2)22(16(23)24-17(3,4)5)15-14-19-9-10-21(14)11-13(18)20-15/h6-11H,1-2H2,3-5H3/b12-8+. The number of carbonyl (C=O) groups is 1.